The maximum Gasteiger partial charge on any atom is 0.397 e. The molecule has 25 nitrogen and oxygen atoms in total. The normalized spacial score (nSPS) is 31.6. The molecule has 0 aromatic rings. The first kappa shape index (κ1) is 85.1. The van der Waals surface area contributed by atoms with Crippen LogP contribution < -0.4 is 16.0 Å². The summed E-state index contributed by atoms with van der Waals surface area (Å²) in [5.41, 5.74) is -1.68. The molecule has 7 aliphatic rings. The average Bonchev–Trinajstić information content (AvgIpc) is 1.66. The van der Waals surface area contributed by atoms with E-state index in [0.717, 1.165) is 29.4 Å². The molecule has 32 heteroatoms. The summed E-state index contributed by atoms with van der Waals surface area (Å²) in [5.74, 6) is -17.9. The van der Waals surface area contributed by atoms with E-state index in [9.17, 15) is 50.7 Å². The largest absolute Gasteiger partial charge is 0.397 e. The number of rotatable bonds is 13. The van der Waals surface area contributed by atoms with E-state index in [1.807, 2.05) is 0 Å². The standard InChI is InChI=1S/C73H113F7N12O13/c1-13-22-51-62(96)82-60(43(4)14-2)68(102)86(8)42-58(95)88(10)52-25-17-16-20-34-91(67(52)101)55(37-44-28-32-72(76,77)33-29-44)66(100)85(7)41-56(93)81-50(27-26-45-35-48(74)59(49(75)36-45)73(78,79)80)64(98)92-40-47(105-15-3)38-53(92)63(97)83-71(30-21-31-71)70(104)90(12)61(46-23-18-19-24-46)69(103)89(11)54(65(99)84(5)6)39-57(94)87(51)9/h16-17,43-55,59-61H,13-15,18-42H2,1-12H3,(H,81,93)(H,82,96)(H,83,97)/b17-16-/t43-,45?,47+,48?,49?,50-,51-,52-,53-,54-,55-,59?,60-,61-/m0/s1. The van der Waals surface area contributed by atoms with Gasteiger partial charge in [0.05, 0.1) is 25.6 Å². The van der Waals surface area contributed by atoms with E-state index in [0.29, 0.717) is 44.9 Å². The van der Waals surface area contributed by atoms with Crippen molar-refractivity contribution in [1.82, 2.24) is 60.0 Å². The molecular weight excluding hydrogens is 1390 g/mol. The number of likely N-dealkylation sites (N-methyl/N-ethyl adjacent to an activating group) is 7. The van der Waals surface area contributed by atoms with Gasteiger partial charge in [-0.1, -0.05) is 58.6 Å². The molecule has 0 aromatic heterocycles. The number of amides is 12. The Morgan fingerprint density at radius 1 is 0.657 bits per heavy atom. The molecule has 3 aliphatic heterocycles. The van der Waals surface area contributed by atoms with E-state index < -0.39 is 237 Å². The summed E-state index contributed by atoms with van der Waals surface area (Å²) in [6.07, 6.45) is -8.48. The molecule has 12 amide bonds. The Kier molecular flexibility index (Phi) is 29.7. The topological polar surface area (TPSA) is 279 Å². The van der Waals surface area contributed by atoms with Crippen LogP contribution in [-0.4, -0.2) is 289 Å². The Labute approximate surface area is 612 Å². The maximum absolute atomic E-state index is 15.5. The van der Waals surface area contributed by atoms with Gasteiger partial charge in [0.25, 0.3) is 0 Å². The molecule has 105 heavy (non-hydrogen) atoms. The number of nitrogens with one attached hydrogen (secondary N) is 3. The van der Waals surface area contributed by atoms with Crippen molar-refractivity contribution < 1.29 is 93.0 Å². The number of hydrogen-bond acceptors (Lipinski definition) is 13. The van der Waals surface area contributed by atoms with Gasteiger partial charge in [0.2, 0.25) is 76.8 Å². The van der Waals surface area contributed by atoms with Gasteiger partial charge in [0.1, 0.15) is 72.1 Å². The fourth-order valence-corrected chi connectivity index (χ4v) is 16.5. The minimum absolute atomic E-state index is 0.0431. The number of alkyl halides is 7. The summed E-state index contributed by atoms with van der Waals surface area (Å²) in [6, 6.07) is -11.2. The van der Waals surface area contributed by atoms with E-state index in [4.69, 9.17) is 4.74 Å². The molecule has 4 aliphatic carbocycles. The smallest absolute Gasteiger partial charge is 0.377 e. The number of carbonyl (C=O) groups excluding carboxylic acids is 12. The lowest BCUT2D eigenvalue weighted by molar-refractivity contribution is -0.219. The molecule has 2 bridgehead atoms. The number of hydrogen-bond donors (Lipinski definition) is 3. The first-order valence-corrected chi connectivity index (χ1v) is 37.6. The first-order valence-electron chi connectivity index (χ1n) is 37.6. The molecule has 1 spiro atoms. The average molecular weight is 1500 g/mol. The minimum Gasteiger partial charge on any atom is -0.377 e. The summed E-state index contributed by atoms with van der Waals surface area (Å²) < 4.78 is 108. The van der Waals surface area contributed by atoms with Crippen LogP contribution in [0.25, 0.3) is 0 Å². The van der Waals surface area contributed by atoms with Gasteiger partial charge in [-0.25, -0.2) is 17.6 Å². The lowest BCUT2D eigenvalue weighted by atomic mass is 9.74. The van der Waals surface area contributed by atoms with Crippen LogP contribution in [0.1, 0.15) is 175 Å². The molecule has 12 atom stereocenters. The van der Waals surface area contributed by atoms with E-state index in [-0.39, 0.29) is 83.9 Å². The predicted octanol–water partition coefficient (Wildman–Crippen LogP) is 5.56. The van der Waals surface area contributed by atoms with E-state index in [2.05, 4.69) is 16.0 Å². The Morgan fingerprint density at radius 3 is 1.86 bits per heavy atom. The summed E-state index contributed by atoms with van der Waals surface area (Å²) in [5, 5.41) is 8.41. The van der Waals surface area contributed by atoms with Gasteiger partial charge >= 0.3 is 6.18 Å². The van der Waals surface area contributed by atoms with Crippen molar-refractivity contribution in [3.8, 4) is 0 Å². The number of halogens is 7. The van der Waals surface area contributed by atoms with Crippen LogP contribution in [0.2, 0.25) is 0 Å². The third-order valence-corrected chi connectivity index (χ3v) is 23.3. The third-order valence-electron chi connectivity index (χ3n) is 23.3. The monoisotopic (exact) mass is 1500 g/mol. The van der Waals surface area contributed by atoms with Gasteiger partial charge in [-0.2, -0.15) is 13.2 Å². The summed E-state index contributed by atoms with van der Waals surface area (Å²) >= 11 is 0. The molecule has 6 fully saturated rings. The highest BCUT2D eigenvalue weighted by Crippen LogP contribution is 2.45. The Bertz CT molecular complexity index is 3130. The second kappa shape index (κ2) is 36.6. The van der Waals surface area contributed by atoms with Crippen molar-refractivity contribution in [3.63, 3.8) is 0 Å². The molecular formula is C73H113F7N12O13. The van der Waals surface area contributed by atoms with Crippen molar-refractivity contribution in [1.29, 1.82) is 0 Å². The molecule has 2 unspecified atom stereocenters. The van der Waals surface area contributed by atoms with Crippen molar-refractivity contribution in [3.05, 3.63) is 12.2 Å². The Morgan fingerprint density at radius 2 is 1.29 bits per heavy atom. The van der Waals surface area contributed by atoms with Gasteiger partial charge < -0.3 is 64.8 Å². The highest BCUT2D eigenvalue weighted by Gasteiger charge is 2.56. The molecule has 7 rings (SSSR count). The fourth-order valence-electron chi connectivity index (χ4n) is 16.5. The Hall–Kier alpha value is -7.15. The highest BCUT2D eigenvalue weighted by atomic mass is 19.4. The van der Waals surface area contributed by atoms with Crippen LogP contribution in [-0.2, 0) is 62.3 Å². The molecule has 3 heterocycles. The number of fused-ring (bicyclic) bond motifs is 3. The highest BCUT2D eigenvalue weighted by molar-refractivity contribution is 6.01. The zero-order valence-electron chi connectivity index (χ0n) is 63.2. The third kappa shape index (κ3) is 20.6. The van der Waals surface area contributed by atoms with Crippen molar-refractivity contribution >= 4 is 70.9 Å². The van der Waals surface area contributed by atoms with Gasteiger partial charge in [0, 0.05) is 95.3 Å². The van der Waals surface area contributed by atoms with Crippen molar-refractivity contribution in [2.75, 3.05) is 89.2 Å². The number of ether oxygens (including phenoxy) is 1. The zero-order chi connectivity index (χ0) is 77.9. The quantitative estimate of drug-likeness (QED) is 0.151. The van der Waals surface area contributed by atoms with E-state index >= 15 is 37.5 Å². The van der Waals surface area contributed by atoms with Crippen LogP contribution in [0, 0.1) is 29.6 Å². The zero-order valence-corrected chi connectivity index (χ0v) is 63.2. The molecule has 4 saturated carbocycles. The molecule has 0 radical (unpaired) electrons. The van der Waals surface area contributed by atoms with Crippen LogP contribution in [0.15, 0.2) is 12.2 Å². The molecule has 0 aromatic carbocycles. The van der Waals surface area contributed by atoms with Gasteiger partial charge in [-0.15, -0.1) is 0 Å². The second-order valence-electron chi connectivity index (χ2n) is 30.9. The summed E-state index contributed by atoms with van der Waals surface area (Å²) in [4.78, 5) is 191. The van der Waals surface area contributed by atoms with Crippen LogP contribution in [0.3, 0.4) is 0 Å². The van der Waals surface area contributed by atoms with Gasteiger partial charge in [-0.05, 0) is 127 Å². The summed E-state index contributed by atoms with van der Waals surface area (Å²) in [6.45, 7) is 5.16. The van der Waals surface area contributed by atoms with Crippen LogP contribution in [0.5, 0.6) is 0 Å². The molecule has 3 N–H and O–H groups in total. The first-order chi connectivity index (χ1) is 49.3. The SMILES string of the molecule is CCC[C@H]1C(=O)N[C@@H]([C@@H](C)CC)C(=O)N(C)CC(=O)N(C)[C@H]2C/C=C\CCN(C2=O)[C@@H](CC2CCC(F)(F)CC2)C(=O)N(C)CC(=O)N[C@@H](CCC2CC(F)C(C(F)(F)F)C(F)C2)C(=O)N2C[C@H](OCC)C[C@H]2C(=O)NC2(CCC2)C(=O)N(C)[C@@H](C2CCCC2)C(=O)N(C)[C@H](C(=O)N(C)C)CC(=O)N1C. The Balaban J connectivity index is 1.31. The second-order valence-corrected chi connectivity index (χ2v) is 30.9. The van der Waals surface area contributed by atoms with E-state index in [1.54, 1.807) is 39.8 Å². The van der Waals surface area contributed by atoms with Crippen LogP contribution >= 0.6 is 0 Å². The van der Waals surface area contributed by atoms with Gasteiger partial charge in [0.15, 0.2) is 0 Å². The van der Waals surface area contributed by atoms with Crippen molar-refractivity contribution in [2.24, 2.45) is 29.6 Å². The van der Waals surface area contributed by atoms with Gasteiger partial charge in [-0.3, -0.25) is 57.5 Å². The summed E-state index contributed by atoms with van der Waals surface area (Å²) in [7, 11) is 10.9. The molecule has 592 valence electrons. The van der Waals surface area contributed by atoms with Crippen molar-refractivity contribution in [2.45, 2.75) is 260 Å². The fraction of sp³-hybridized carbons (Fsp3) is 0.808. The lowest BCUT2D eigenvalue weighted by Crippen LogP contribution is -2.68. The maximum atomic E-state index is 15.5. The predicted molar refractivity (Wildman–Crippen MR) is 372 cm³/mol. The molecule has 2 saturated heterocycles. The van der Waals surface area contributed by atoms with E-state index in [1.165, 1.54) is 71.1 Å². The van der Waals surface area contributed by atoms with Crippen LogP contribution in [0.4, 0.5) is 30.7 Å². The minimum atomic E-state index is -5.20. The lowest BCUT2D eigenvalue weighted by Gasteiger charge is -2.46. The number of carbonyl (C=O) groups is 12. The number of nitrogens with zero attached hydrogens (tertiary/aromatic N) is 9.